The molecule has 0 heterocycles. The zero-order chi connectivity index (χ0) is 23.0. The van der Waals surface area contributed by atoms with Crippen molar-refractivity contribution in [3.63, 3.8) is 0 Å². The third-order valence-corrected chi connectivity index (χ3v) is 6.28. The van der Waals surface area contributed by atoms with Crippen molar-refractivity contribution in [3.8, 4) is 11.5 Å². The van der Waals surface area contributed by atoms with Crippen molar-refractivity contribution in [1.29, 1.82) is 0 Å². The zero-order valence-corrected chi connectivity index (χ0v) is 18.0. The average molecular weight is 590 g/mol. The molecule has 0 radical (unpaired) electrons. The molecule has 0 unspecified atom stereocenters. The van der Waals surface area contributed by atoms with Gasteiger partial charge in [-0.15, -0.1) is 0 Å². The molecule has 0 aliphatic rings. The van der Waals surface area contributed by atoms with Gasteiger partial charge in [-0.1, -0.05) is 36.4 Å². The average Bonchev–Trinajstić information content (AvgIpc) is 2.59. The first-order valence-corrected chi connectivity index (χ1v) is 11.3. The Hall–Kier alpha value is -1.75. The van der Waals surface area contributed by atoms with Gasteiger partial charge in [0.2, 0.25) is 0 Å². The molecule has 15 heteroatoms. The van der Waals surface area contributed by atoms with Crippen LogP contribution < -0.4 is 8.37 Å². The number of hydrogen-bond acceptors (Lipinski definition) is 6. The summed E-state index contributed by atoms with van der Waals surface area (Å²) in [5, 5.41) is 0. The highest BCUT2D eigenvalue weighted by atomic mass is 127. The molecule has 0 aliphatic heterocycles. The molecule has 2 aromatic carbocycles. The Morgan fingerprint density at radius 3 is 1.77 bits per heavy atom. The van der Waals surface area contributed by atoms with Gasteiger partial charge < -0.3 is 8.37 Å². The lowest BCUT2D eigenvalue weighted by Gasteiger charge is -2.17. The van der Waals surface area contributed by atoms with Gasteiger partial charge in [0.15, 0.2) is 11.5 Å². The fourth-order valence-electron chi connectivity index (χ4n) is 2.01. The van der Waals surface area contributed by atoms with E-state index in [0.717, 1.165) is 34.7 Å². The standard InChI is InChI=1S/C15H9F6IO6S2/c16-14(17,18)29(23,24)27-11-7-6-10(8-9-4-2-1-3-5-9)13(12(11)22)28-30(25,26)15(19,20)21/h1-7H,8H2. The molecule has 0 N–H and O–H groups in total. The number of rotatable bonds is 6. The van der Waals surface area contributed by atoms with Crippen LogP contribution in [0, 0.1) is 3.57 Å². The first-order chi connectivity index (χ1) is 13.6. The molecule has 0 saturated carbocycles. The Bertz CT molecular complexity index is 1130. The Morgan fingerprint density at radius 1 is 0.767 bits per heavy atom. The molecule has 166 valence electrons. The Balaban J connectivity index is 2.60. The molecule has 30 heavy (non-hydrogen) atoms. The Morgan fingerprint density at radius 2 is 1.27 bits per heavy atom. The fraction of sp³-hybridized carbons (Fsp3) is 0.200. The van der Waals surface area contributed by atoms with Crippen LogP contribution in [0.15, 0.2) is 42.5 Å². The van der Waals surface area contributed by atoms with Gasteiger partial charge in [0, 0.05) is 12.0 Å². The van der Waals surface area contributed by atoms with E-state index in [1.54, 1.807) is 30.3 Å². The van der Waals surface area contributed by atoms with Crippen molar-refractivity contribution in [1.82, 2.24) is 0 Å². The molecule has 0 bridgehead atoms. The van der Waals surface area contributed by atoms with Crippen LogP contribution in [-0.2, 0) is 26.7 Å². The maximum Gasteiger partial charge on any atom is 0.534 e. The third kappa shape index (κ3) is 5.48. The topological polar surface area (TPSA) is 86.7 Å². The van der Waals surface area contributed by atoms with Crippen molar-refractivity contribution in [2.75, 3.05) is 0 Å². The fourth-order valence-corrected chi connectivity index (χ4v) is 4.03. The second-order valence-corrected chi connectivity index (χ2v) is 9.65. The molecule has 2 rings (SSSR count). The summed E-state index contributed by atoms with van der Waals surface area (Å²) in [7, 11) is -12.4. The maximum atomic E-state index is 12.7. The molecule has 0 aromatic heterocycles. The van der Waals surface area contributed by atoms with E-state index in [1.165, 1.54) is 0 Å². The Labute approximate surface area is 180 Å². The second kappa shape index (κ2) is 8.41. The van der Waals surface area contributed by atoms with Crippen LogP contribution in [-0.4, -0.2) is 27.9 Å². The van der Waals surface area contributed by atoms with Crippen LogP contribution >= 0.6 is 22.6 Å². The van der Waals surface area contributed by atoms with E-state index in [0.29, 0.717) is 5.56 Å². The largest absolute Gasteiger partial charge is 0.534 e. The van der Waals surface area contributed by atoms with E-state index >= 15 is 0 Å². The van der Waals surface area contributed by atoms with Gasteiger partial charge in [-0.25, -0.2) is 0 Å². The second-order valence-electron chi connectivity index (χ2n) is 5.49. The molecular formula is C15H9F6IO6S2. The van der Waals surface area contributed by atoms with E-state index < -0.39 is 46.3 Å². The van der Waals surface area contributed by atoms with Crippen LogP contribution in [0.3, 0.4) is 0 Å². The minimum absolute atomic E-state index is 0.171. The predicted octanol–water partition coefficient (Wildman–Crippen LogP) is 4.34. The minimum atomic E-state index is -6.21. The van der Waals surface area contributed by atoms with E-state index in [1.807, 2.05) is 0 Å². The van der Waals surface area contributed by atoms with Crippen molar-refractivity contribution in [2.45, 2.75) is 17.4 Å². The van der Waals surface area contributed by atoms with Crippen molar-refractivity contribution < 1.29 is 51.5 Å². The highest BCUT2D eigenvalue weighted by Crippen LogP contribution is 2.39. The first-order valence-electron chi connectivity index (χ1n) is 7.42. The lowest BCUT2D eigenvalue weighted by molar-refractivity contribution is -0.0502. The van der Waals surface area contributed by atoms with Gasteiger partial charge in [0.05, 0.1) is 0 Å². The zero-order valence-electron chi connectivity index (χ0n) is 14.2. The molecular weight excluding hydrogens is 581 g/mol. The summed E-state index contributed by atoms with van der Waals surface area (Å²) in [4.78, 5) is 0. The van der Waals surface area contributed by atoms with Gasteiger partial charge >= 0.3 is 31.3 Å². The predicted molar refractivity (Wildman–Crippen MR) is 99.6 cm³/mol. The van der Waals surface area contributed by atoms with Crippen LogP contribution in [0.25, 0.3) is 0 Å². The van der Waals surface area contributed by atoms with Gasteiger partial charge in [0.1, 0.15) is 3.57 Å². The van der Waals surface area contributed by atoms with E-state index in [2.05, 4.69) is 8.37 Å². The van der Waals surface area contributed by atoms with Gasteiger partial charge in [0.25, 0.3) is 0 Å². The van der Waals surface area contributed by atoms with Crippen molar-refractivity contribution in [2.24, 2.45) is 0 Å². The maximum absolute atomic E-state index is 12.7. The van der Waals surface area contributed by atoms with Gasteiger partial charge in [-0.05, 0) is 34.2 Å². The highest BCUT2D eigenvalue weighted by molar-refractivity contribution is 14.1. The monoisotopic (exact) mass is 590 g/mol. The number of hydrogen-bond donors (Lipinski definition) is 0. The molecule has 0 aliphatic carbocycles. The summed E-state index contributed by atoms with van der Waals surface area (Å²) in [6.45, 7) is 0. The molecule has 2 aromatic rings. The molecule has 0 saturated heterocycles. The van der Waals surface area contributed by atoms with Crippen LogP contribution in [0.5, 0.6) is 11.5 Å². The summed E-state index contributed by atoms with van der Waals surface area (Å²) in [5.74, 6) is -2.07. The van der Waals surface area contributed by atoms with Crippen LogP contribution in [0.1, 0.15) is 11.1 Å². The highest BCUT2D eigenvalue weighted by Gasteiger charge is 2.50. The summed E-state index contributed by atoms with van der Waals surface area (Å²) >= 11 is 1.13. The normalized spacial score (nSPS) is 13.2. The summed E-state index contributed by atoms with van der Waals surface area (Å²) in [6.07, 6.45) is -0.175. The third-order valence-electron chi connectivity index (χ3n) is 3.34. The van der Waals surface area contributed by atoms with Crippen molar-refractivity contribution >= 4 is 42.8 Å². The number of benzene rings is 2. The lowest BCUT2D eigenvalue weighted by atomic mass is 10.0. The lowest BCUT2D eigenvalue weighted by Crippen LogP contribution is -2.29. The van der Waals surface area contributed by atoms with E-state index in [-0.39, 0.29) is 12.0 Å². The number of halogens is 7. The molecule has 0 fully saturated rings. The minimum Gasteiger partial charge on any atom is -0.375 e. The molecule has 6 nitrogen and oxygen atoms in total. The summed E-state index contributed by atoms with van der Waals surface area (Å²) < 4.78 is 129. The molecule has 0 atom stereocenters. The van der Waals surface area contributed by atoms with E-state index in [4.69, 9.17) is 0 Å². The molecule has 0 amide bonds. The van der Waals surface area contributed by atoms with Gasteiger partial charge in [-0.3, -0.25) is 0 Å². The SMILES string of the molecule is O=S(=O)(Oc1ccc(Cc2ccccc2)c(OS(=O)(=O)C(F)(F)F)c1I)C(F)(F)F. The summed E-state index contributed by atoms with van der Waals surface area (Å²) in [5.41, 5.74) is -11.3. The first kappa shape index (κ1) is 24.5. The van der Waals surface area contributed by atoms with E-state index in [9.17, 15) is 43.2 Å². The summed E-state index contributed by atoms with van der Waals surface area (Å²) in [6, 6.07) is 9.55. The van der Waals surface area contributed by atoms with Gasteiger partial charge in [-0.2, -0.15) is 43.2 Å². The Kier molecular flexibility index (Phi) is 6.87. The quantitative estimate of drug-likeness (QED) is 0.216. The van der Waals surface area contributed by atoms with Crippen LogP contribution in [0.2, 0.25) is 0 Å². The number of alkyl halides is 6. The van der Waals surface area contributed by atoms with Crippen LogP contribution in [0.4, 0.5) is 26.3 Å². The molecule has 0 spiro atoms. The smallest absolute Gasteiger partial charge is 0.375 e. The van der Waals surface area contributed by atoms with Crippen molar-refractivity contribution in [3.05, 3.63) is 57.2 Å².